The number of hydrogen-bond donors (Lipinski definition) is 0. The molecule has 4 nitrogen and oxygen atoms in total. The fourth-order valence-corrected chi connectivity index (χ4v) is 6.72. The van der Waals surface area contributed by atoms with E-state index in [0.29, 0.717) is 5.92 Å². The Balaban J connectivity index is 0.000000174. The Kier molecular flexibility index (Phi) is 9.94. The van der Waals surface area contributed by atoms with Crippen LogP contribution in [0.1, 0.15) is 36.1 Å². The molecular weight excluding hydrogens is 805 g/mol. The predicted molar refractivity (Wildman–Crippen MR) is 204 cm³/mol. The molecule has 0 aliphatic carbocycles. The first-order valence-electron chi connectivity index (χ1n) is 17.1. The van der Waals surface area contributed by atoms with E-state index >= 15 is 0 Å². The van der Waals surface area contributed by atoms with Gasteiger partial charge in [-0.15, -0.1) is 42.0 Å². The Bertz CT molecular complexity index is 2590. The fraction of sp³-hybridized carbons (Fsp3) is 0.130. The van der Waals surface area contributed by atoms with Gasteiger partial charge in [-0.2, -0.15) is 0 Å². The molecule has 9 aromatic rings. The average molecular weight is 841 g/mol. The van der Waals surface area contributed by atoms with E-state index in [9.17, 15) is 0 Å². The number of pyridine rings is 2. The normalized spacial score (nSPS) is 11.2. The topological polar surface area (TPSA) is 52.1 Å². The third kappa shape index (κ3) is 7.01. The summed E-state index contributed by atoms with van der Waals surface area (Å²) in [4.78, 5) is 9.09. The van der Waals surface area contributed by atoms with Gasteiger partial charge in [0.05, 0.1) is 11.2 Å². The first kappa shape index (κ1) is 34.1. The first-order chi connectivity index (χ1) is 24.5. The van der Waals surface area contributed by atoms with E-state index in [2.05, 4.69) is 98.6 Å². The monoisotopic (exact) mass is 841 g/mol. The maximum absolute atomic E-state index is 6.17. The van der Waals surface area contributed by atoms with Crippen molar-refractivity contribution in [1.82, 2.24) is 9.97 Å². The largest absolute Gasteiger partial charge is 0.501 e. The van der Waals surface area contributed by atoms with Crippen LogP contribution >= 0.6 is 0 Å². The number of benzene rings is 5. The molecule has 5 aromatic carbocycles. The number of aryl methyl sites for hydroxylation is 1. The summed E-state index contributed by atoms with van der Waals surface area (Å²) >= 11 is 0. The Morgan fingerprint density at radius 3 is 2.29 bits per heavy atom. The van der Waals surface area contributed by atoms with Crippen LogP contribution in [0.3, 0.4) is 0 Å². The molecule has 1 radical (unpaired) electrons. The standard InChI is InChI=1S/C29H26NO.C17H10NO.Ir/c1-19(2)14-24-17-26(30-18-20(24)3)22-12-13-27-25(16-22)29-23(10-7-11-28(29)31-27)15-21-8-5-4-6-9-21;1-2-10-16-12(6-1)13-7-5-8-14(17(13)19-16)15-9-3-4-11-18-15;/h4-11,13,16-19H,14-15H2,1-3H3;1-7,9-11H;/q2*-1;. The molecule has 0 aliphatic rings. The SMILES string of the molecule is Cc1cnc(-c2[c-]cc3oc4cccc(Cc5ccccc5)c4c3c2)cc1CC(C)C.[Ir].[c-]1ccc2c(oc3ccccc32)c1-c1ccccn1. The Labute approximate surface area is 311 Å². The summed E-state index contributed by atoms with van der Waals surface area (Å²) < 4.78 is 12.1. The summed E-state index contributed by atoms with van der Waals surface area (Å²) in [5.74, 6) is 0.610. The van der Waals surface area contributed by atoms with E-state index in [0.717, 1.165) is 73.8 Å². The zero-order chi connectivity index (χ0) is 34.0. The van der Waals surface area contributed by atoms with Crippen molar-refractivity contribution in [3.63, 3.8) is 0 Å². The number of rotatable bonds is 6. The number of aromatic nitrogens is 2. The third-order valence-corrected chi connectivity index (χ3v) is 9.13. The van der Waals surface area contributed by atoms with Gasteiger partial charge in [0.2, 0.25) is 0 Å². The molecule has 51 heavy (non-hydrogen) atoms. The maximum Gasteiger partial charge on any atom is 0.121 e. The van der Waals surface area contributed by atoms with E-state index in [1.54, 1.807) is 6.20 Å². The minimum absolute atomic E-state index is 0. The van der Waals surface area contributed by atoms with Crippen LogP contribution in [-0.2, 0) is 32.9 Å². The van der Waals surface area contributed by atoms with E-state index in [4.69, 9.17) is 13.8 Å². The van der Waals surface area contributed by atoms with Crippen LogP contribution in [0.2, 0.25) is 0 Å². The van der Waals surface area contributed by atoms with Crippen LogP contribution in [0, 0.1) is 25.0 Å². The molecular formula is C46H36IrN2O2-2. The first-order valence-corrected chi connectivity index (χ1v) is 17.1. The van der Waals surface area contributed by atoms with E-state index in [1.807, 2.05) is 66.9 Å². The molecule has 5 heteroatoms. The third-order valence-electron chi connectivity index (χ3n) is 9.13. The Hall–Kier alpha value is -5.35. The van der Waals surface area contributed by atoms with Crippen molar-refractivity contribution in [2.45, 2.75) is 33.6 Å². The van der Waals surface area contributed by atoms with Crippen molar-refractivity contribution in [3.05, 3.63) is 168 Å². The van der Waals surface area contributed by atoms with E-state index in [-0.39, 0.29) is 20.1 Å². The van der Waals surface area contributed by atoms with Crippen molar-refractivity contribution in [3.8, 4) is 22.5 Å². The summed E-state index contributed by atoms with van der Waals surface area (Å²) in [6.07, 6.45) is 5.70. The van der Waals surface area contributed by atoms with Gasteiger partial charge >= 0.3 is 0 Å². The number of para-hydroxylation sites is 1. The molecule has 9 rings (SSSR count). The smallest absolute Gasteiger partial charge is 0.121 e. The maximum atomic E-state index is 6.17. The number of furan rings is 2. The average Bonchev–Trinajstić information content (AvgIpc) is 3.72. The van der Waals surface area contributed by atoms with Gasteiger partial charge in [-0.05, 0) is 72.0 Å². The summed E-state index contributed by atoms with van der Waals surface area (Å²) in [7, 11) is 0. The van der Waals surface area contributed by atoms with Crippen molar-refractivity contribution in [2.75, 3.05) is 0 Å². The molecule has 0 amide bonds. The van der Waals surface area contributed by atoms with Gasteiger partial charge < -0.3 is 18.8 Å². The molecule has 4 aromatic heterocycles. The van der Waals surface area contributed by atoms with E-state index in [1.165, 1.54) is 27.6 Å². The van der Waals surface area contributed by atoms with Crippen LogP contribution in [0.4, 0.5) is 0 Å². The number of nitrogens with zero attached hydrogens (tertiary/aromatic N) is 2. The van der Waals surface area contributed by atoms with E-state index < -0.39 is 0 Å². The summed E-state index contributed by atoms with van der Waals surface area (Å²) in [6, 6.07) is 47.8. The van der Waals surface area contributed by atoms with Gasteiger partial charge in [0.15, 0.2) is 0 Å². The molecule has 0 saturated carbocycles. The molecule has 0 saturated heterocycles. The fourth-order valence-electron chi connectivity index (χ4n) is 6.72. The Morgan fingerprint density at radius 2 is 1.47 bits per heavy atom. The number of hydrogen-bond acceptors (Lipinski definition) is 4. The van der Waals surface area contributed by atoms with Crippen LogP contribution in [0.5, 0.6) is 0 Å². The minimum atomic E-state index is 0. The summed E-state index contributed by atoms with van der Waals surface area (Å²) in [5, 5.41) is 4.55. The van der Waals surface area contributed by atoms with Crippen molar-refractivity contribution < 1.29 is 28.9 Å². The van der Waals surface area contributed by atoms with Gasteiger partial charge in [0.1, 0.15) is 11.2 Å². The summed E-state index contributed by atoms with van der Waals surface area (Å²) in [5.41, 5.74) is 12.5. The quantitative estimate of drug-likeness (QED) is 0.157. The van der Waals surface area contributed by atoms with Gasteiger partial charge in [0, 0.05) is 43.3 Å². The Morgan fingerprint density at radius 1 is 0.667 bits per heavy atom. The van der Waals surface area contributed by atoms with Crippen LogP contribution in [0.15, 0.2) is 143 Å². The molecule has 0 aliphatic heterocycles. The molecule has 0 spiro atoms. The van der Waals surface area contributed by atoms with Gasteiger partial charge in [0.25, 0.3) is 0 Å². The molecule has 0 N–H and O–H groups in total. The van der Waals surface area contributed by atoms with Gasteiger partial charge in [-0.3, -0.25) is 0 Å². The molecule has 4 heterocycles. The van der Waals surface area contributed by atoms with Crippen LogP contribution < -0.4 is 0 Å². The number of fused-ring (bicyclic) bond motifs is 6. The molecule has 0 bridgehead atoms. The van der Waals surface area contributed by atoms with Crippen molar-refractivity contribution in [1.29, 1.82) is 0 Å². The second-order valence-corrected chi connectivity index (χ2v) is 13.2. The van der Waals surface area contributed by atoms with Crippen LogP contribution in [0.25, 0.3) is 66.4 Å². The summed E-state index contributed by atoms with van der Waals surface area (Å²) in [6.45, 7) is 6.65. The molecule has 0 fully saturated rings. The minimum Gasteiger partial charge on any atom is -0.501 e. The molecule has 0 unspecified atom stereocenters. The molecule has 0 atom stereocenters. The van der Waals surface area contributed by atoms with Crippen molar-refractivity contribution in [2.24, 2.45) is 5.92 Å². The zero-order valence-corrected chi connectivity index (χ0v) is 31.1. The second kappa shape index (κ2) is 14.9. The van der Waals surface area contributed by atoms with Gasteiger partial charge in [-0.25, -0.2) is 0 Å². The zero-order valence-electron chi connectivity index (χ0n) is 28.7. The predicted octanol–water partition coefficient (Wildman–Crippen LogP) is 12.0. The molecule has 253 valence electrons. The van der Waals surface area contributed by atoms with Gasteiger partial charge in [-0.1, -0.05) is 115 Å². The second-order valence-electron chi connectivity index (χ2n) is 13.2. The van der Waals surface area contributed by atoms with Crippen molar-refractivity contribution >= 4 is 43.9 Å². The van der Waals surface area contributed by atoms with Crippen LogP contribution in [-0.4, -0.2) is 9.97 Å².